The summed E-state index contributed by atoms with van der Waals surface area (Å²) < 4.78 is 42.6. The number of nitrogens with one attached hydrogen (secondary N) is 1. The highest BCUT2D eigenvalue weighted by Gasteiger charge is 2.31. The molecule has 23 heavy (non-hydrogen) atoms. The molecule has 0 aliphatic rings. The van der Waals surface area contributed by atoms with E-state index in [-0.39, 0.29) is 5.56 Å². The normalized spacial score (nSPS) is 11.2. The Kier molecular flexibility index (Phi) is 4.74. The molecule has 0 saturated heterocycles. The van der Waals surface area contributed by atoms with Gasteiger partial charge < -0.3 is 10.1 Å². The fraction of sp³-hybridized carbons (Fsp3) is 0.200. The number of amides is 1. The number of halogens is 3. The monoisotopic (exact) mass is 343 g/mol. The number of rotatable bonds is 3. The van der Waals surface area contributed by atoms with Crippen molar-refractivity contribution in [3.8, 4) is 0 Å². The summed E-state index contributed by atoms with van der Waals surface area (Å²) in [5, 5.41) is 2.83. The summed E-state index contributed by atoms with van der Waals surface area (Å²) >= 11 is 0.996. The molecule has 1 N–H and O–H groups in total. The van der Waals surface area contributed by atoms with Crippen molar-refractivity contribution in [2.45, 2.75) is 13.1 Å². The number of anilines is 1. The number of aryl methyl sites for hydroxylation is 1. The van der Waals surface area contributed by atoms with Gasteiger partial charge in [-0.1, -0.05) is 6.07 Å². The minimum atomic E-state index is -4.52. The molecule has 0 unspecified atom stereocenters. The summed E-state index contributed by atoms with van der Waals surface area (Å²) in [6.07, 6.45) is -4.52. The van der Waals surface area contributed by atoms with Crippen LogP contribution in [0.25, 0.3) is 0 Å². The largest absolute Gasteiger partial charge is 0.465 e. The predicted octanol–water partition coefficient (Wildman–Crippen LogP) is 4.11. The topological polar surface area (TPSA) is 55.4 Å². The Balaban J connectivity index is 2.21. The van der Waals surface area contributed by atoms with Gasteiger partial charge in [0.05, 0.1) is 17.7 Å². The third-order valence-corrected chi connectivity index (χ3v) is 4.11. The first kappa shape index (κ1) is 17.0. The molecule has 1 amide bonds. The Morgan fingerprint density at radius 2 is 1.91 bits per heavy atom. The van der Waals surface area contributed by atoms with Gasteiger partial charge in [0.1, 0.15) is 4.88 Å². The molecule has 2 aromatic rings. The van der Waals surface area contributed by atoms with Crippen molar-refractivity contribution in [3.63, 3.8) is 0 Å². The lowest BCUT2D eigenvalue weighted by Crippen LogP contribution is -2.13. The van der Waals surface area contributed by atoms with Crippen LogP contribution in [-0.2, 0) is 10.9 Å². The summed E-state index contributed by atoms with van der Waals surface area (Å²) in [4.78, 5) is 23.9. The van der Waals surface area contributed by atoms with Crippen molar-refractivity contribution in [3.05, 3.63) is 51.9 Å². The number of carbonyl (C=O) groups excluding carboxylic acids is 2. The van der Waals surface area contributed by atoms with E-state index < -0.39 is 23.6 Å². The van der Waals surface area contributed by atoms with Crippen LogP contribution in [0, 0.1) is 6.92 Å². The second-order valence-corrected chi connectivity index (χ2v) is 5.70. The highest BCUT2D eigenvalue weighted by atomic mass is 32.1. The number of ether oxygens (including phenoxy) is 1. The van der Waals surface area contributed by atoms with Crippen LogP contribution in [0.5, 0.6) is 0 Å². The maximum absolute atomic E-state index is 12.7. The van der Waals surface area contributed by atoms with Gasteiger partial charge in [0.15, 0.2) is 0 Å². The van der Waals surface area contributed by atoms with E-state index in [9.17, 15) is 22.8 Å². The van der Waals surface area contributed by atoms with Gasteiger partial charge in [-0.2, -0.15) is 13.2 Å². The van der Waals surface area contributed by atoms with Gasteiger partial charge in [-0.3, -0.25) is 4.79 Å². The van der Waals surface area contributed by atoms with Crippen molar-refractivity contribution in [1.82, 2.24) is 0 Å². The summed E-state index contributed by atoms with van der Waals surface area (Å²) in [7, 11) is 1.24. The van der Waals surface area contributed by atoms with Gasteiger partial charge in [-0.15, -0.1) is 11.3 Å². The van der Waals surface area contributed by atoms with Crippen molar-refractivity contribution in [2.24, 2.45) is 0 Å². The summed E-state index contributed by atoms with van der Waals surface area (Å²) in [6, 6.07) is 5.67. The molecule has 0 spiro atoms. The molecular formula is C15H12F3NO3S. The molecule has 8 heteroatoms. The number of benzene rings is 1. The average molecular weight is 343 g/mol. The van der Waals surface area contributed by atoms with Crippen molar-refractivity contribution in [1.29, 1.82) is 0 Å². The molecule has 122 valence electrons. The maximum atomic E-state index is 12.7. The van der Waals surface area contributed by atoms with Gasteiger partial charge in [0.25, 0.3) is 5.91 Å². The first-order valence-corrected chi connectivity index (χ1v) is 7.21. The van der Waals surface area contributed by atoms with Gasteiger partial charge >= 0.3 is 12.1 Å². The number of carbonyl (C=O) groups is 2. The summed E-state index contributed by atoms with van der Waals surface area (Å²) in [5.41, 5.74) is -0.408. The predicted molar refractivity (Wildman–Crippen MR) is 79.8 cm³/mol. The minimum Gasteiger partial charge on any atom is -0.465 e. The lowest BCUT2D eigenvalue weighted by molar-refractivity contribution is -0.137. The summed E-state index contributed by atoms with van der Waals surface area (Å²) in [5.74, 6) is -1.22. The summed E-state index contributed by atoms with van der Waals surface area (Å²) in [6.45, 7) is 1.67. The van der Waals surface area contributed by atoms with E-state index in [4.69, 9.17) is 0 Å². The number of alkyl halides is 3. The van der Waals surface area contributed by atoms with E-state index in [0.29, 0.717) is 15.4 Å². The Morgan fingerprint density at radius 1 is 1.22 bits per heavy atom. The van der Waals surface area contributed by atoms with E-state index in [1.54, 1.807) is 13.0 Å². The van der Waals surface area contributed by atoms with Crippen LogP contribution in [0.1, 0.15) is 31.2 Å². The van der Waals surface area contributed by atoms with E-state index >= 15 is 0 Å². The highest BCUT2D eigenvalue weighted by molar-refractivity contribution is 7.18. The zero-order chi connectivity index (χ0) is 17.2. The molecular weight excluding hydrogens is 331 g/mol. The molecule has 1 aromatic heterocycles. The molecule has 0 saturated carbocycles. The number of hydrogen-bond acceptors (Lipinski definition) is 4. The van der Waals surface area contributed by atoms with Crippen LogP contribution in [0.2, 0.25) is 0 Å². The lowest BCUT2D eigenvalue weighted by atomic mass is 10.1. The minimum absolute atomic E-state index is 0.120. The Morgan fingerprint density at radius 3 is 2.52 bits per heavy atom. The smallest absolute Gasteiger partial charge is 0.416 e. The first-order valence-electron chi connectivity index (χ1n) is 6.39. The van der Waals surface area contributed by atoms with E-state index in [0.717, 1.165) is 29.5 Å². The molecule has 0 bridgehead atoms. The molecule has 1 heterocycles. The fourth-order valence-corrected chi connectivity index (χ4v) is 2.85. The zero-order valence-corrected chi connectivity index (χ0v) is 13.0. The van der Waals surface area contributed by atoms with Gasteiger partial charge in [0.2, 0.25) is 0 Å². The number of thiophene rings is 1. The second kappa shape index (κ2) is 6.41. The van der Waals surface area contributed by atoms with Crippen LogP contribution < -0.4 is 5.32 Å². The van der Waals surface area contributed by atoms with E-state index in [2.05, 4.69) is 10.1 Å². The molecule has 0 aliphatic heterocycles. The standard InChI is InChI=1S/C15H12F3NO3S/c1-8-6-11(23-12(8)14(21)22-2)19-13(20)9-4-3-5-10(7-9)15(16,17)18/h3-7H,1-2H3,(H,19,20). The lowest BCUT2D eigenvalue weighted by Gasteiger charge is -2.08. The first-order chi connectivity index (χ1) is 10.7. The maximum Gasteiger partial charge on any atom is 0.416 e. The Bertz CT molecular complexity index is 753. The molecule has 0 radical (unpaired) electrons. The van der Waals surface area contributed by atoms with Gasteiger partial charge in [0, 0.05) is 5.56 Å². The Hall–Kier alpha value is -2.35. The SMILES string of the molecule is COC(=O)c1sc(NC(=O)c2cccc(C(F)(F)F)c2)cc1C. The zero-order valence-electron chi connectivity index (χ0n) is 12.2. The van der Waals surface area contributed by atoms with Crippen LogP contribution >= 0.6 is 11.3 Å². The number of esters is 1. The fourth-order valence-electron chi connectivity index (χ4n) is 1.86. The average Bonchev–Trinajstić information content (AvgIpc) is 2.86. The van der Waals surface area contributed by atoms with Crippen LogP contribution in [0.4, 0.5) is 18.2 Å². The second-order valence-electron chi connectivity index (χ2n) is 4.65. The number of hydrogen-bond donors (Lipinski definition) is 1. The third kappa shape index (κ3) is 3.89. The molecule has 4 nitrogen and oxygen atoms in total. The molecule has 1 aromatic carbocycles. The van der Waals surface area contributed by atoms with E-state index in [1.165, 1.54) is 13.2 Å². The van der Waals surface area contributed by atoms with Gasteiger partial charge in [-0.25, -0.2) is 4.79 Å². The van der Waals surface area contributed by atoms with Crippen LogP contribution in [0.15, 0.2) is 30.3 Å². The number of methoxy groups -OCH3 is 1. The quantitative estimate of drug-likeness (QED) is 0.853. The van der Waals surface area contributed by atoms with E-state index in [1.807, 2.05) is 0 Å². The van der Waals surface area contributed by atoms with Crippen molar-refractivity contribution < 1.29 is 27.5 Å². The Labute approximate surface area is 133 Å². The third-order valence-electron chi connectivity index (χ3n) is 2.98. The highest BCUT2D eigenvalue weighted by Crippen LogP contribution is 2.30. The molecule has 0 aliphatic carbocycles. The molecule has 2 rings (SSSR count). The van der Waals surface area contributed by atoms with Crippen LogP contribution in [-0.4, -0.2) is 19.0 Å². The van der Waals surface area contributed by atoms with Crippen molar-refractivity contribution in [2.75, 3.05) is 12.4 Å². The van der Waals surface area contributed by atoms with Crippen LogP contribution in [0.3, 0.4) is 0 Å². The van der Waals surface area contributed by atoms with Crippen molar-refractivity contribution >= 4 is 28.2 Å². The molecule has 0 atom stereocenters. The van der Waals surface area contributed by atoms with Gasteiger partial charge in [-0.05, 0) is 36.8 Å². The molecule has 0 fully saturated rings.